The average Bonchev–Trinajstić information content (AvgIpc) is 3.07. The Morgan fingerprint density at radius 3 is 2.57 bits per heavy atom. The van der Waals surface area contributed by atoms with Crippen LogP contribution in [-0.4, -0.2) is 31.8 Å². The van der Waals surface area contributed by atoms with E-state index < -0.39 is 11.2 Å². The number of nitrogens with zero attached hydrogens (tertiary/aromatic N) is 3. The fourth-order valence-electron chi connectivity index (χ4n) is 2.45. The van der Waals surface area contributed by atoms with E-state index in [1.165, 1.54) is 11.8 Å². The largest absolute Gasteiger partial charge is 0.484 e. The highest BCUT2D eigenvalue weighted by Crippen LogP contribution is 2.26. The normalized spacial score (nSPS) is 11.7. The van der Waals surface area contributed by atoms with Crippen LogP contribution in [0.1, 0.15) is 23.1 Å². The molecule has 0 saturated heterocycles. The quantitative estimate of drug-likeness (QED) is 0.514. The molecule has 156 valence electrons. The van der Waals surface area contributed by atoms with E-state index in [-0.39, 0.29) is 12.5 Å². The van der Waals surface area contributed by atoms with Crippen LogP contribution in [-0.2, 0) is 18.4 Å². The van der Waals surface area contributed by atoms with Crippen LogP contribution in [0.2, 0.25) is 5.02 Å². The summed E-state index contributed by atoms with van der Waals surface area (Å²) in [7, 11) is 1.81. The molecular formula is C20H20ClN5O3S. The molecule has 0 spiro atoms. The number of rotatable bonds is 8. The van der Waals surface area contributed by atoms with E-state index >= 15 is 0 Å². The number of aromatic nitrogens is 3. The Morgan fingerprint density at radius 1 is 1.20 bits per heavy atom. The molecule has 0 aliphatic heterocycles. The number of benzene rings is 2. The summed E-state index contributed by atoms with van der Waals surface area (Å²) in [5, 5.41) is 11.7. The van der Waals surface area contributed by atoms with Crippen molar-refractivity contribution in [3.63, 3.8) is 0 Å². The van der Waals surface area contributed by atoms with E-state index in [4.69, 9.17) is 22.1 Å². The van der Waals surface area contributed by atoms with Crippen molar-refractivity contribution in [2.45, 2.75) is 23.9 Å². The molecule has 30 heavy (non-hydrogen) atoms. The van der Waals surface area contributed by atoms with Gasteiger partial charge in [0, 0.05) is 18.3 Å². The first-order chi connectivity index (χ1) is 14.3. The van der Waals surface area contributed by atoms with Gasteiger partial charge in [-0.15, -0.1) is 10.2 Å². The number of carbonyl (C=O) groups excluding carboxylic acids is 2. The number of nitrogens with two attached hydrogens (primary N) is 1. The molecule has 0 fully saturated rings. The summed E-state index contributed by atoms with van der Waals surface area (Å²) in [5.74, 6) is 0.440. The first-order valence-corrected chi connectivity index (χ1v) is 10.2. The minimum atomic E-state index is -0.520. The minimum Gasteiger partial charge on any atom is -0.484 e. The zero-order valence-electron chi connectivity index (χ0n) is 16.3. The topological polar surface area (TPSA) is 112 Å². The monoisotopic (exact) mass is 445 g/mol. The number of halogens is 1. The lowest BCUT2D eigenvalue weighted by Gasteiger charge is -2.12. The van der Waals surface area contributed by atoms with Gasteiger partial charge < -0.3 is 20.4 Å². The van der Waals surface area contributed by atoms with Crippen LogP contribution in [0, 0.1) is 0 Å². The fourth-order valence-corrected chi connectivity index (χ4v) is 3.47. The molecule has 10 heteroatoms. The summed E-state index contributed by atoms with van der Waals surface area (Å²) in [6.07, 6.45) is 0. The Balaban J connectivity index is 1.58. The lowest BCUT2D eigenvalue weighted by molar-refractivity contribution is -0.115. The van der Waals surface area contributed by atoms with Gasteiger partial charge in [-0.1, -0.05) is 35.5 Å². The molecule has 0 saturated carbocycles. The molecule has 0 aliphatic rings. The van der Waals surface area contributed by atoms with Crippen molar-refractivity contribution in [2.24, 2.45) is 12.8 Å². The SMILES string of the molecule is CC(Sc1nnc(COc2ccccc2Cl)n1C)C(=O)Nc1ccc(C(N)=O)cc1. The Labute approximate surface area is 182 Å². The van der Waals surface area contributed by atoms with Gasteiger partial charge in [-0.05, 0) is 43.3 Å². The number of nitrogens with one attached hydrogen (secondary N) is 1. The number of hydrogen-bond acceptors (Lipinski definition) is 6. The number of primary amides is 1. The Bertz CT molecular complexity index is 1050. The standard InChI is InChI=1S/C20H20ClN5O3S/c1-12(19(28)23-14-9-7-13(8-10-14)18(22)27)30-20-25-24-17(26(20)2)11-29-16-6-4-3-5-15(16)21/h3-10,12H,11H2,1-2H3,(H2,22,27)(H,23,28). The van der Waals surface area contributed by atoms with Crippen molar-refractivity contribution in [1.82, 2.24) is 14.8 Å². The van der Waals surface area contributed by atoms with Crippen molar-refractivity contribution in [3.05, 3.63) is 64.9 Å². The molecule has 1 heterocycles. The van der Waals surface area contributed by atoms with Gasteiger partial charge in [0.2, 0.25) is 11.8 Å². The zero-order chi connectivity index (χ0) is 21.7. The van der Waals surface area contributed by atoms with Crippen LogP contribution >= 0.6 is 23.4 Å². The summed E-state index contributed by atoms with van der Waals surface area (Å²) in [4.78, 5) is 23.6. The molecule has 3 rings (SSSR count). The third-order valence-corrected chi connectivity index (χ3v) is 5.65. The molecular weight excluding hydrogens is 426 g/mol. The van der Waals surface area contributed by atoms with Crippen LogP contribution in [0.5, 0.6) is 5.75 Å². The maximum atomic E-state index is 12.5. The van der Waals surface area contributed by atoms with E-state index in [1.54, 1.807) is 54.9 Å². The molecule has 3 N–H and O–H groups in total. The first-order valence-electron chi connectivity index (χ1n) is 8.98. The van der Waals surface area contributed by atoms with Crippen LogP contribution in [0.3, 0.4) is 0 Å². The van der Waals surface area contributed by atoms with Crippen molar-refractivity contribution >= 4 is 40.9 Å². The van der Waals surface area contributed by atoms with E-state index in [2.05, 4.69) is 15.5 Å². The van der Waals surface area contributed by atoms with E-state index in [0.717, 1.165) is 0 Å². The second-order valence-electron chi connectivity index (χ2n) is 6.37. The summed E-state index contributed by atoms with van der Waals surface area (Å²) in [6.45, 7) is 1.97. The maximum Gasteiger partial charge on any atom is 0.248 e. The lowest BCUT2D eigenvalue weighted by Crippen LogP contribution is -2.23. The molecule has 1 atom stereocenters. The molecule has 2 amide bonds. The number of anilines is 1. The third kappa shape index (κ3) is 5.31. The number of hydrogen-bond donors (Lipinski definition) is 2. The number of amides is 2. The molecule has 0 bridgehead atoms. The number of carbonyl (C=O) groups is 2. The van der Waals surface area contributed by atoms with Gasteiger partial charge >= 0.3 is 0 Å². The van der Waals surface area contributed by atoms with Gasteiger partial charge in [0.25, 0.3) is 0 Å². The Kier molecular flexibility index (Phi) is 6.96. The van der Waals surface area contributed by atoms with Gasteiger partial charge in [-0.25, -0.2) is 0 Å². The first kappa shape index (κ1) is 21.7. The predicted molar refractivity (Wildman–Crippen MR) is 116 cm³/mol. The molecule has 1 aromatic heterocycles. The van der Waals surface area contributed by atoms with Crippen molar-refractivity contribution < 1.29 is 14.3 Å². The van der Waals surface area contributed by atoms with Crippen molar-refractivity contribution in [1.29, 1.82) is 0 Å². The number of para-hydroxylation sites is 1. The summed E-state index contributed by atoms with van der Waals surface area (Å²) in [5.41, 5.74) is 6.17. The average molecular weight is 446 g/mol. The van der Waals surface area contributed by atoms with Gasteiger partial charge in [0.15, 0.2) is 11.0 Å². The lowest BCUT2D eigenvalue weighted by atomic mass is 10.2. The van der Waals surface area contributed by atoms with Gasteiger partial charge in [0.1, 0.15) is 12.4 Å². The second-order valence-corrected chi connectivity index (χ2v) is 8.08. The van der Waals surface area contributed by atoms with E-state index in [0.29, 0.717) is 33.0 Å². The highest BCUT2D eigenvalue weighted by atomic mass is 35.5. The molecule has 3 aromatic rings. The van der Waals surface area contributed by atoms with Crippen molar-refractivity contribution in [3.8, 4) is 5.75 Å². The Morgan fingerprint density at radius 2 is 1.90 bits per heavy atom. The second kappa shape index (κ2) is 9.64. The molecule has 0 radical (unpaired) electrons. The highest BCUT2D eigenvalue weighted by Gasteiger charge is 2.19. The third-order valence-electron chi connectivity index (χ3n) is 4.21. The van der Waals surface area contributed by atoms with Gasteiger partial charge in [-0.3, -0.25) is 9.59 Å². The van der Waals surface area contributed by atoms with E-state index in [1.807, 2.05) is 12.1 Å². The molecule has 0 aliphatic carbocycles. The van der Waals surface area contributed by atoms with Gasteiger partial charge in [0.05, 0.1) is 10.3 Å². The van der Waals surface area contributed by atoms with E-state index in [9.17, 15) is 9.59 Å². The van der Waals surface area contributed by atoms with Crippen LogP contribution in [0.4, 0.5) is 5.69 Å². The summed E-state index contributed by atoms with van der Waals surface area (Å²) in [6, 6.07) is 13.6. The smallest absolute Gasteiger partial charge is 0.248 e. The summed E-state index contributed by atoms with van der Waals surface area (Å²) < 4.78 is 7.47. The Hall–Kier alpha value is -3.04. The molecule has 1 unspecified atom stereocenters. The minimum absolute atomic E-state index is 0.195. The fraction of sp³-hybridized carbons (Fsp3) is 0.200. The van der Waals surface area contributed by atoms with Crippen molar-refractivity contribution in [2.75, 3.05) is 5.32 Å². The predicted octanol–water partition coefficient (Wildman–Crippen LogP) is 3.27. The van der Waals surface area contributed by atoms with Crippen LogP contribution < -0.4 is 15.8 Å². The zero-order valence-corrected chi connectivity index (χ0v) is 17.9. The molecule has 8 nitrogen and oxygen atoms in total. The maximum absolute atomic E-state index is 12.5. The summed E-state index contributed by atoms with van der Waals surface area (Å²) >= 11 is 7.36. The van der Waals surface area contributed by atoms with Crippen LogP contribution in [0.25, 0.3) is 0 Å². The number of thioether (sulfide) groups is 1. The molecule has 2 aromatic carbocycles. The van der Waals surface area contributed by atoms with Gasteiger partial charge in [-0.2, -0.15) is 0 Å². The highest BCUT2D eigenvalue weighted by molar-refractivity contribution is 8.00. The number of ether oxygens (including phenoxy) is 1. The van der Waals surface area contributed by atoms with Crippen LogP contribution in [0.15, 0.2) is 53.7 Å².